The van der Waals surface area contributed by atoms with Crippen molar-refractivity contribution in [3.63, 3.8) is 0 Å². The van der Waals surface area contributed by atoms with Gasteiger partial charge in [-0.05, 0) is 39.0 Å². The van der Waals surface area contributed by atoms with Crippen LogP contribution in [0, 0.1) is 5.41 Å². The minimum Gasteiger partial charge on any atom is -0.456 e. The molecule has 21 heavy (non-hydrogen) atoms. The molecule has 0 aromatic carbocycles. The number of hydrogen-bond donors (Lipinski definition) is 1. The number of ether oxygens (including phenoxy) is 1. The van der Waals surface area contributed by atoms with Gasteiger partial charge in [0.25, 0.3) is 0 Å². The van der Waals surface area contributed by atoms with Gasteiger partial charge in [0.05, 0.1) is 17.8 Å². The zero-order chi connectivity index (χ0) is 14.6. The van der Waals surface area contributed by atoms with Crippen LogP contribution in [0.25, 0.3) is 0 Å². The van der Waals surface area contributed by atoms with Gasteiger partial charge in [0.15, 0.2) is 5.78 Å². The fourth-order valence-electron chi connectivity index (χ4n) is 4.62. The van der Waals surface area contributed by atoms with Crippen LogP contribution in [0.4, 0.5) is 0 Å². The molecule has 3 saturated heterocycles. The summed E-state index contributed by atoms with van der Waals surface area (Å²) in [6.45, 7) is 3.44. The molecule has 4 rings (SSSR count). The number of piperidine rings is 2. The number of nitrogens with one attached hydrogen (secondary N) is 1. The number of carbonyl (C=O) groups excluding carboxylic acids is 2. The molecule has 2 bridgehead atoms. The van der Waals surface area contributed by atoms with E-state index in [0.717, 1.165) is 31.5 Å². The number of carbonyl (C=O) groups is 2. The van der Waals surface area contributed by atoms with Crippen molar-refractivity contribution in [3.8, 4) is 0 Å². The maximum atomic E-state index is 12.8. The van der Waals surface area contributed by atoms with Gasteiger partial charge in [-0.25, -0.2) is 4.79 Å². The molecule has 2 unspecified atom stereocenters. The Kier molecular flexibility index (Phi) is 2.89. The lowest BCUT2D eigenvalue weighted by molar-refractivity contribution is -0.136. The molecule has 114 valence electrons. The Bertz CT molecular complexity index is 528. The average molecular weight is 290 g/mol. The number of Topliss-reactive ketones (excluding diaryl/α,β-unsaturated/α-hetero) is 1. The topological polar surface area (TPSA) is 58.6 Å². The summed E-state index contributed by atoms with van der Waals surface area (Å²) in [6.07, 6.45) is 5.37. The molecule has 1 spiro atoms. The molecule has 1 N–H and O–H groups in total. The molecule has 3 fully saturated rings. The molecule has 0 radical (unpaired) electrons. The number of nitrogens with zero attached hydrogens (tertiary/aromatic N) is 1. The summed E-state index contributed by atoms with van der Waals surface area (Å²) in [7, 11) is 0. The summed E-state index contributed by atoms with van der Waals surface area (Å²) in [6, 6.07) is 1.08. The fraction of sp³-hybridized carbons (Fsp3) is 0.750. The fourth-order valence-corrected chi connectivity index (χ4v) is 4.62. The molecular formula is C16H22N2O3. The number of ketones is 1. The highest BCUT2D eigenvalue weighted by atomic mass is 16.5. The Labute approximate surface area is 124 Å². The summed E-state index contributed by atoms with van der Waals surface area (Å²) in [5, 5.41) is 3.62. The van der Waals surface area contributed by atoms with Crippen LogP contribution in [-0.2, 0) is 14.3 Å². The lowest BCUT2D eigenvalue weighted by atomic mass is 9.68. The molecule has 4 aliphatic heterocycles. The normalized spacial score (nSPS) is 39.4. The van der Waals surface area contributed by atoms with Crippen molar-refractivity contribution < 1.29 is 14.3 Å². The monoisotopic (exact) mass is 290 g/mol. The third-order valence-electron chi connectivity index (χ3n) is 5.86. The Morgan fingerprint density at radius 3 is 2.52 bits per heavy atom. The van der Waals surface area contributed by atoms with Crippen LogP contribution in [0.15, 0.2) is 11.3 Å². The lowest BCUT2D eigenvalue weighted by Gasteiger charge is -2.46. The third-order valence-corrected chi connectivity index (χ3v) is 5.86. The second kappa shape index (κ2) is 4.57. The van der Waals surface area contributed by atoms with Gasteiger partial charge in [-0.2, -0.15) is 0 Å². The number of cyclic esters (lactones) is 1. The molecule has 0 aliphatic carbocycles. The van der Waals surface area contributed by atoms with Gasteiger partial charge < -0.3 is 15.0 Å². The lowest BCUT2D eigenvalue weighted by Crippen LogP contribution is -2.55. The maximum Gasteiger partial charge on any atom is 0.335 e. The van der Waals surface area contributed by atoms with Crippen LogP contribution in [0.2, 0.25) is 0 Å². The number of likely N-dealkylation sites (tertiary alicyclic amines) is 1. The Morgan fingerprint density at radius 1 is 1.24 bits per heavy atom. The van der Waals surface area contributed by atoms with E-state index >= 15 is 0 Å². The van der Waals surface area contributed by atoms with E-state index in [-0.39, 0.29) is 11.4 Å². The Hall–Kier alpha value is -1.36. The molecule has 0 aromatic heterocycles. The van der Waals surface area contributed by atoms with E-state index in [1.807, 2.05) is 0 Å². The summed E-state index contributed by atoms with van der Waals surface area (Å²) < 4.78 is 5.07. The van der Waals surface area contributed by atoms with Crippen LogP contribution >= 0.6 is 0 Å². The summed E-state index contributed by atoms with van der Waals surface area (Å²) in [5.74, 6) is 0.129. The minimum atomic E-state index is -0.238. The summed E-state index contributed by atoms with van der Waals surface area (Å²) in [4.78, 5) is 26.4. The Morgan fingerprint density at radius 2 is 1.95 bits per heavy atom. The molecule has 4 heterocycles. The number of hydrogen-bond acceptors (Lipinski definition) is 5. The van der Waals surface area contributed by atoms with Crippen molar-refractivity contribution in [2.75, 3.05) is 19.7 Å². The molecule has 0 amide bonds. The molecule has 0 aromatic rings. The number of fused-ring (bicyclic) bond motifs is 2. The van der Waals surface area contributed by atoms with Crippen molar-refractivity contribution in [2.45, 2.75) is 51.1 Å². The standard InChI is InChI=1S/C16H22N2O3/c1-10-13(9-21-15(10)20)18-5-4-16(14(19)8-18)6-11-2-3-12(7-16)17-11/h11-12,17H,2-9H2,1H3. The SMILES string of the molecule is CC1=C(N2CCC3(CC4CCC(C3)N4)C(=O)C2)COC1=O. The second-order valence-corrected chi connectivity index (χ2v) is 7.07. The maximum absolute atomic E-state index is 12.8. The zero-order valence-corrected chi connectivity index (χ0v) is 12.5. The van der Waals surface area contributed by atoms with E-state index in [1.165, 1.54) is 12.8 Å². The van der Waals surface area contributed by atoms with Crippen LogP contribution in [-0.4, -0.2) is 48.4 Å². The van der Waals surface area contributed by atoms with Crippen molar-refractivity contribution in [1.82, 2.24) is 10.2 Å². The van der Waals surface area contributed by atoms with E-state index in [9.17, 15) is 9.59 Å². The first-order valence-electron chi connectivity index (χ1n) is 7.99. The van der Waals surface area contributed by atoms with E-state index in [2.05, 4.69) is 10.2 Å². The van der Waals surface area contributed by atoms with Gasteiger partial charge in [-0.3, -0.25) is 4.79 Å². The van der Waals surface area contributed by atoms with Crippen molar-refractivity contribution in [3.05, 3.63) is 11.3 Å². The molecule has 2 atom stereocenters. The first kappa shape index (κ1) is 13.3. The van der Waals surface area contributed by atoms with Gasteiger partial charge in [0, 0.05) is 24.0 Å². The quantitative estimate of drug-likeness (QED) is 0.730. The summed E-state index contributed by atoms with van der Waals surface area (Å²) in [5.41, 5.74) is 1.48. The van der Waals surface area contributed by atoms with E-state index in [0.29, 0.717) is 36.6 Å². The largest absolute Gasteiger partial charge is 0.456 e. The van der Waals surface area contributed by atoms with Gasteiger partial charge in [0.1, 0.15) is 6.61 Å². The van der Waals surface area contributed by atoms with Gasteiger partial charge in [-0.1, -0.05) is 0 Å². The highest BCUT2D eigenvalue weighted by molar-refractivity contribution is 5.92. The first-order chi connectivity index (χ1) is 10.1. The smallest absolute Gasteiger partial charge is 0.335 e. The van der Waals surface area contributed by atoms with Crippen molar-refractivity contribution in [2.24, 2.45) is 5.41 Å². The average Bonchev–Trinajstić information content (AvgIpc) is 2.98. The number of esters is 1. The summed E-state index contributed by atoms with van der Waals surface area (Å²) >= 11 is 0. The third kappa shape index (κ3) is 2.01. The van der Waals surface area contributed by atoms with Gasteiger partial charge >= 0.3 is 5.97 Å². The predicted octanol–water partition coefficient (Wildman–Crippen LogP) is 0.993. The van der Waals surface area contributed by atoms with Crippen molar-refractivity contribution in [1.29, 1.82) is 0 Å². The van der Waals surface area contributed by atoms with Crippen LogP contribution in [0.1, 0.15) is 39.0 Å². The van der Waals surface area contributed by atoms with Gasteiger partial charge in [-0.15, -0.1) is 0 Å². The number of rotatable bonds is 1. The molecule has 4 aliphatic rings. The second-order valence-electron chi connectivity index (χ2n) is 7.07. The van der Waals surface area contributed by atoms with Crippen LogP contribution in [0.5, 0.6) is 0 Å². The van der Waals surface area contributed by atoms with Crippen LogP contribution < -0.4 is 5.32 Å². The molecule has 5 heteroatoms. The van der Waals surface area contributed by atoms with Crippen LogP contribution in [0.3, 0.4) is 0 Å². The first-order valence-corrected chi connectivity index (χ1v) is 7.99. The Balaban J connectivity index is 1.52. The van der Waals surface area contributed by atoms with Gasteiger partial charge in [0.2, 0.25) is 0 Å². The van der Waals surface area contributed by atoms with E-state index < -0.39 is 0 Å². The molecular weight excluding hydrogens is 268 g/mol. The molecule has 0 saturated carbocycles. The van der Waals surface area contributed by atoms with E-state index in [1.54, 1.807) is 6.92 Å². The highest BCUT2D eigenvalue weighted by Gasteiger charge is 2.50. The predicted molar refractivity (Wildman–Crippen MR) is 76.5 cm³/mol. The van der Waals surface area contributed by atoms with E-state index in [4.69, 9.17) is 4.74 Å². The molecule has 5 nitrogen and oxygen atoms in total. The highest BCUT2D eigenvalue weighted by Crippen LogP contribution is 2.45. The zero-order valence-electron chi connectivity index (χ0n) is 12.5. The van der Waals surface area contributed by atoms with Crippen molar-refractivity contribution >= 4 is 11.8 Å². The minimum absolute atomic E-state index is 0.106.